The molecule has 11 heteroatoms. The standard InChI is InChI=1S/C22H24F3N5O2S/c1-30(33(3,4)31)20-15(8-7-13-26-20)11-12-17-16(22(23,24)25)14-27-21(28-17)29-18-9-5-6-10-19(18)32-2/h5-10,13-14H,3,11-12H2,1-2,4H3,(H,27,28,29). The van der Waals surface area contributed by atoms with E-state index in [0.717, 1.165) is 6.20 Å². The van der Waals surface area contributed by atoms with Crippen LogP contribution in [0.4, 0.5) is 30.6 Å². The van der Waals surface area contributed by atoms with E-state index >= 15 is 0 Å². The highest BCUT2D eigenvalue weighted by atomic mass is 32.2. The summed E-state index contributed by atoms with van der Waals surface area (Å²) in [6, 6.07) is 10.3. The van der Waals surface area contributed by atoms with E-state index in [4.69, 9.17) is 4.74 Å². The van der Waals surface area contributed by atoms with E-state index in [-0.39, 0.29) is 24.5 Å². The van der Waals surface area contributed by atoms with E-state index in [1.807, 2.05) is 0 Å². The third-order valence-electron chi connectivity index (χ3n) is 4.90. The third kappa shape index (κ3) is 5.92. The van der Waals surface area contributed by atoms with E-state index in [1.54, 1.807) is 43.4 Å². The number of nitrogens with zero attached hydrogens (tertiary/aromatic N) is 4. The van der Waals surface area contributed by atoms with Crippen LogP contribution in [0.2, 0.25) is 0 Å². The summed E-state index contributed by atoms with van der Waals surface area (Å²) in [5, 5.41) is 2.91. The van der Waals surface area contributed by atoms with Gasteiger partial charge in [0.1, 0.15) is 11.6 Å². The second kappa shape index (κ2) is 9.65. The van der Waals surface area contributed by atoms with Crippen LogP contribution in [-0.4, -0.2) is 45.4 Å². The van der Waals surface area contributed by atoms with Gasteiger partial charge in [0.2, 0.25) is 5.95 Å². The molecule has 0 saturated carbocycles. The maximum atomic E-state index is 13.6. The number of para-hydroxylation sites is 2. The molecule has 7 nitrogen and oxygen atoms in total. The van der Waals surface area contributed by atoms with Gasteiger partial charge in [-0.1, -0.05) is 18.2 Å². The highest BCUT2D eigenvalue weighted by molar-refractivity contribution is 8.00. The minimum atomic E-state index is -4.61. The minimum absolute atomic E-state index is 0.0142. The molecule has 1 N–H and O–H groups in total. The SMILES string of the molecule is C=S(C)(=O)N(C)c1ncccc1CCc1nc(Nc2ccccc2OC)ncc1C(F)(F)F. The summed E-state index contributed by atoms with van der Waals surface area (Å²) >= 11 is 0. The van der Waals surface area contributed by atoms with Gasteiger partial charge in [0.05, 0.1) is 24.1 Å². The van der Waals surface area contributed by atoms with Crippen molar-refractivity contribution in [1.29, 1.82) is 0 Å². The van der Waals surface area contributed by atoms with Gasteiger partial charge in [-0.2, -0.15) is 13.2 Å². The highest BCUT2D eigenvalue weighted by Gasteiger charge is 2.35. The Morgan fingerprint density at radius 3 is 2.55 bits per heavy atom. The van der Waals surface area contributed by atoms with Crippen LogP contribution in [0.25, 0.3) is 0 Å². The predicted octanol–water partition coefficient (Wildman–Crippen LogP) is 4.13. The molecule has 0 bridgehead atoms. The lowest BCUT2D eigenvalue weighted by Gasteiger charge is -2.22. The Bertz CT molecular complexity index is 1230. The molecule has 176 valence electrons. The van der Waals surface area contributed by atoms with Crippen LogP contribution < -0.4 is 14.4 Å². The van der Waals surface area contributed by atoms with Crippen molar-refractivity contribution in [1.82, 2.24) is 15.0 Å². The first-order valence-corrected chi connectivity index (χ1v) is 11.9. The van der Waals surface area contributed by atoms with Crippen molar-refractivity contribution in [2.75, 3.05) is 30.0 Å². The van der Waals surface area contributed by atoms with Crippen molar-refractivity contribution < 1.29 is 22.1 Å². The zero-order chi connectivity index (χ0) is 24.2. The number of hydrogen-bond acceptors (Lipinski definition) is 6. The summed E-state index contributed by atoms with van der Waals surface area (Å²) in [6.45, 7) is 0. The van der Waals surface area contributed by atoms with Gasteiger partial charge >= 0.3 is 6.18 Å². The van der Waals surface area contributed by atoms with E-state index in [2.05, 4.69) is 26.1 Å². The molecule has 1 unspecified atom stereocenters. The van der Waals surface area contributed by atoms with Gasteiger partial charge in [0.15, 0.2) is 0 Å². The monoisotopic (exact) mass is 479 g/mol. The predicted molar refractivity (Wildman–Crippen MR) is 125 cm³/mol. The molecule has 0 aliphatic rings. The minimum Gasteiger partial charge on any atom is -0.495 e. The molecule has 33 heavy (non-hydrogen) atoms. The molecule has 1 atom stereocenters. The number of aromatic nitrogens is 3. The van der Waals surface area contributed by atoms with E-state index in [1.165, 1.54) is 23.9 Å². The Morgan fingerprint density at radius 2 is 1.88 bits per heavy atom. The lowest BCUT2D eigenvalue weighted by molar-refractivity contribution is -0.138. The zero-order valence-corrected chi connectivity index (χ0v) is 19.2. The van der Waals surface area contributed by atoms with Gasteiger partial charge in [-0.3, -0.25) is 4.31 Å². The number of halogens is 3. The first-order chi connectivity index (χ1) is 15.5. The molecule has 0 saturated heterocycles. The molecule has 2 heterocycles. The summed E-state index contributed by atoms with van der Waals surface area (Å²) in [6.07, 6.45) is -0.693. The fraction of sp³-hybridized carbons (Fsp3) is 0.273. The maximum absolute atomic E-state index is 13.6. The van der Waals surface area contributed by atoms with Crippen molar-refractivity contribution in [2.45, 2.75) is 19.0 Å². The number of nitrogens with one attached hydrogen (secondary N) is 1. The summed E-state index contributed by atoms with van der Waals surface area (Å²) in [5.74, 6) is 4.56. The molecule has 0 fully saturated rings. The number of ether oxygens (including phenoxy) is 1. The van der Waals surface area contributed by atoms with Gasteiger partial charge in [0, 0.05) is 35.4 Å². The fourth-order valence-corrected chi connectivity index (χ4v) is 3.65. The smallest absolute Gasteiger partial charge is 0.419 e. The molecule has 1 aromatic carbocycles. The largest absolute Gasteiger partial charge is 0.495 e. The first-order valence-electron chi connectivity index (χ1n) is 9.84. The highest BCUT2D eigenvalue weighted by Crippen LogP contribution is 2.33. The van der Waals surface area contributed by atoms with Gasteiger partial charge in [-0.05, 0) is 42.5 Å². The topological polar surface area (TPSA) is 80.2 Å². The van der Waals surface area contributed by atoms with Crippen LogP contribution in [0.5, 0.6) is 5.75 Å². The Labute approximate surface area is 190 Å². The molecule has 0 spiro atoms. The van der Waals surface area contributed by atoms with Crippen molar-refractivity contribution in [3.63, 3.8) is 0 Å². The van der Waals surface area contributed by atoms with Crippen molar-refractivity contribution in [2.24, 2.45) is 0 Å². The summed E-state index contributed by atoms with van der Waals surface area (Å²) in [7, 11) is 0.477. The quantitative estimate of drug-likeness (QED) is 0.490. The molecule has 0 radical (unpaired) electrons. The second-order valence-corrected chi connectivity index (χ2v) is 9.79. The average Bonchev–Trinajstić information content (AvgIpc) is 2.76. The Morgan fingerprint density at radius 1 is 1.15 bits per heavy atom. The fourth-order valence-electron chi connectivity index (χ4n) is 3.12. The van der Waals surface area contributed by atoms with Crippen LogP contribution >= 0.6 is 0 Å². The molecule has 3 rings (SSSR count). The van der Waals surface area contributed by atoms with Crippen LogP contribution in [0.15, 0.2) is 48.8 Å². The van der Waals surface area contributed by atoms with E-state index < -0.39 is 21.4 Å². The number of aryl methyl sites for hydroxylation is 2. The Kier molecular flexibility index (Phi) is 7.11. The van der Waals surface area contributed by atoms with Gasteiger partial charge in [-0.15, -0.1) is 0 Å². The number of alkyl halides is 3. The van der Waals surface area contributed by atoms with Crippen LogP contribution in [0, 0.1) is 0 Å². The Balaban J connectivity index is 1.93. The average molecular weight is 480 g/mol. The normalized spacial score (nSPS) is 13.3. The Hall–Kier alpha value is -3.34. The maximum Gasteiger partial charge on any atom is 0.419 e. The van der Waals surface area contributed by atoms with Crippen LogP contribution in [-0.2, 0) is 28.7 Å². The van der Waals surface area contributed by atoms with E-state index in [0.29, 0.717) is 22.8 Å². The number of rotatable bonds is 8. The van der Waals surface area contributed by atoms with E-state index in [9.17, 15) is 17.4 Å². The summed E-state index contributed by atoms with van der Waals surface area (Å²) in [4.78, 5) is 12.2. The summed E-state index contributed by atoms with van der Waals surface area (Å²) in [5.41, 5.74) is 0.0711. The second-order valence-electron chi connectivity index (χ2n) is 7.32. The lowest BCUT2D eigenvalue weighted by Crippen LogP contribution is -2.26. The molecular formula is C22H24F3N5O2S. The van der Waals surface area contributed by atoms with Gasteiger partial charge in [0.25, 0.3) is 0 Å². The number of hydrogen-bond donors (Lipinski definition) is 1. The number of methoxy groups -OCH3 is 1. The number of benzene rings is 1. The molecule has 0 aliphatic heterocycles. The van der Waals surface area contributed by atoms with Crippen molar-refractivity contribution in [3.05, 3.63) is 65.6 Å². The number of pyridine rings is 1. The summed E-state index contributed by atoms with van der Waals surface area (Å²) < 4.78 is 59.9. The van der Waals surface area contributed by atoms with Crippen molar-refractivity contribution >= 4 is 33.0 Å². The zero-order valence-electron chi connectivity index (χ0n) is 18.4. The number of anilines is 3. The molecule has 3 aromatic rings. The molecule has 0 aliphatic carbocycles. The molecule has 2 aromatic heterocycles. The molecular weight excluding hydrogens is 455 g/mol. The van der Waals surface area contributed by atoms with Gasteiger partial charge < -0.3 is 10.1 Å². The molecule has 0 amide bonds. The van der Waals surface area contributed by atoms with Crippen molar-refractivity contribution in [3.8, 4) is 5.75 Å². The first kappa shape index (κ1) is 24.3. The van der Waals surface area contributed by atoms with Crippen LogP contribution in [0.1, 0.15) is 16.8 Å². The lowest BCUT2D eigenvalue weighted by atomic mass is 10.1. The van der Waals surface area contributed by atoms with Gasteiger partial charge in [-0.25, -0.2) is 19.2 Å². The van der Waals surface area contributed by atoms with Crippen LogP contribution in [0.3, 0.4) is 0 Å². The third-order valence-corrected chi connectivity index (χ3v) is 6.23.